The number of ether oxygens (including phenoxy) is 1. The van der Waals surface area contributed by atoms with Gasteiger partial charge in [-0.15, -0.1) is 0 Å². The number of anilines is 1. The Morgan fingerprint density at radius 3 is 2.39 bits per heavy atom. The van der Waals surface area contributed by atoms with Crippen LogP contribution in [0.4, 0.5) is 27.8 Å². The van der Waals surface area contributed by atoms with Crippen molar-refractivity contribution in [1.29, 1.82) is 0 Å². The van der Waals surface area contributed by atoms with Crippen molar-refractivity contribution in [2.75, 3.05) is 25.5 Å². The van der Waals surface area contributed by atoms with Crippen LogP contribution in [0.1, 0.15) is 54.7 Å². The molecule has 1 aliphatic carbocycles. The number of benzene rings is 1. The zero-order chi connectivity index (χ0) is 25.8. The van der Waals surface area contributed by atoms with E-state index < -0.39 is 35.7 Å². The van der Waals surface area contributed by atoms with Crippen LogP contribution in [0, 0.1) is 12.7 Å². The van der Waals surface area contributed by atoms with Gasteiger partial charge in [-0.3, -0.25) is 4.90 Å². The molecule has 1 aromatic carbocycles. The van der Waals surface area contributed by atoms with Crippen LogP contribution in [0.15, 0.2) is 24.3 Å². The molecule has 36 heavy (non-hydrogen) atoms. The lowest BCUT2D eigenvalue weighted by Gasteiger charge is -2.36. The minimum absolute atomic E-state index is 0.0331. The highest BCUT2D eigenvalue weighted by Crippen LogP contribution is 2.55. The second-order valence-corrected chi connectivity index (χ2v) is 9.67. The molecule has 1 aliphatic heterocycles. The number of hydrogen-bond donors (Lipinski definition) is 1. The third-order valence-electron chi connectivity index (χ3n) is 6.93. The number of nitrogens with zero attached hydrogens (tertiary/aromatic N) is 4. The summed E-state index contributed by atoms with van der Waals surface area (Å²) in [5.74, 6) is -0.257. The molecular formula is C25H26F5N5O. The Bertz CT molecular complexity index is 1290. The first-order valence-electron chi connectivity index (χ1n) is 11.8. The molecule has 192 valence electrons. The molecule has 3 heterocycles. The quantitative estimate of drug-likeness (QED) is 0.402. The summed E-state index contributed by atoms with van der Waals surface area (Å²) < 4.78 is 75.5. The van der Waals surface area contributed by atoms with Gasteiger partial charge in [-0.25, -0.2) is 31.9 Å². The molecule has 0 bridgehead atoms. The van der Waals surface area contributed by atoms with Crippen LogP contribution in [0.2, 0.25) is 0 Å². The van der Waals surface area contributed by atoms with Gasteiger partial charge in [0, 0.05) is 24.2 Å². The number of hydrogen-bond acceptors (Lipinski definition) is 6. The predicted octanol–water partition coefficient (Wildman–Crippen LogP) is 5.57. The van der Waals surface area contributed by atoms with Crippen molar-refractivity contribution < 1.29 is 26.7 Å². The number of nitrogens with one attached hydrogen (secondary N) is 1. The predicted molar refractivity (Wildman–Crippen MR) is 124 cm³/mol. The minimum Gasteiger partial charge on any atom is -0.471 e. The van der Waals surface area contributed by atoms with Crippen molar-refractivity contribution in [3.05, 3.63) is 52.6 Å². The maximum Gasteiger partial charge on any atom is 0.266 e. The average Bonchev–Trinajstić information content (AvgIpc) is 3.59. The van der Waals surface area contributed by atoms with Crippen LogP contribution in [0.5, 0.6) is 5.88 Å². The molecule has 0 radical (unpaired) electrons. The fourth-order valence-electron chi connectivity index (χ4n) is 4.67. The third kappa shape index (κ3) is 4.33. The van der Waals surface area contributed by atoms with Crippen molar-refractivity contribution in [1.82, 2.24) is 19.9 Å². The van der Waals surface area contributed by atoms with E-state index in [9.17, 15) is 22.0 Å². The van der Waals surface area contributed by atoms with Gasteiger partial charge in [0.15, 0.2) is 5.65 Å². The Kier molecular flexibility index (Phi) is 6.22. The average molecular weight is 508 g/mol. The molecule has 0 unspecified atom stereocenters. The van der Waals surface area contributed by atoms with Crippen molar-refractivity contribution in [3.8, 4) is 5.88 Å². The Morgan fingerprint density at radius 2 is 1.78 bits per heavy atom. The summed E-state index contributed by atoms with van der Waals surface area (Å²) in [7, 11) is 1.94. The molecule has 5 rings (SSSR count). The van der Waals surface area contributed by atoms with Gasteiger partial charge < -0.3 is 10.1 Å². The first kappa shape index (κ1) is 24.6. The molecular weight excluding hydrogens is 481 g/mol. The van der Waals surface area contributed by atoms with Gasteiger partial charge in [-0.05, 0) is 39.8 Å². The Morgan fingerprint density at radius 1 is 1.08 bits per heavy atom. The summed E-state index contributed by atoms with van der Waals surface area (Å²) in [6, 6.07) is 4.64. The fraction of sp³-hybridized carbons (Fsp3) is 0.480. The van der Waals surface area contributed by atoms with Gasteiger partial charge in [0.25, 0.3) is 6.43 Å². The van der Waals surface area contributed by atoms with Crippen LogP contribution in [0.3, 0.4) is 0 Å². The van der Waals surface area contributed by atoms with Gasteiger partial charge in [-0.1, -0.05) is 18.2 Å². The molecule has 6 nitrogen and oxygen atoms in total. The molecule has 0 amide bonds. The van der Waals surface area contributed by atoms with Crippen molar-refractivity contribution in [2.45, 2.75) is 57.1 Å². The second-order valence-electron chi connectivity index (χ2n) is 9.67. The van der Waals surface area contributed by atoms with E-state index in [2.05, 4.69) is 20.3 Å². The summed E-state index contributed by atoms with van der Waals surface area (Å²) in [6.45, 7) is 4.58. The highest BCUT2D eigenvalue weighted by molar-refractivity contribution is 5.88. The summed E-state index contributed by atoms with van der Waals surface area (Å²) in [4.78, 5) is 15.3. The van der Waals surface area contributed by atoms with E-state index in [1.165, 1.54) is 12.1 Å². The number of halogens is 5. The van der Waals surface area contributed by atoms with Gasteiger partial charge in [0.1, 0.15) is 23.6 Å². The summed E-state index contributed by atoms with van der Waals surface area (Å²) in [5.41, 5.74) is -1.46. The first-order chi connectivity index (χ1) is 17.1. The fourth-order valence-corrected chi connectivity index (χ4v) is 4.67. The van der Waals surface area contributed by atoms with Gasteiger partial charge >= 0.3 is 0 Å². The standard InChI is InChI=1S/C25H26F5N5O/c1-12(15-5-4-6-16(19(15)26)20(27)28)31-21-17-9-18(25(7-8-25)24(29)30)23(36-14-10-35(3)11-14)34-22(17)33-13(2)32-21/h4-6,9,12,14,20,24H,7-8,10-11H2,1-3H3,(H,31,32,33,34)/t12-/m1/s1. The summed E-state index contributed by atoms with van der Waals surface area (Å²) in [5, 5.41) is 3.43. The van der Waals surface area contributed by atoms with Crippen molar-refractivity contribution in [2.24, 2.45) is 0 Å². The normalized spacial score (nSPS) is 18.5. The Hall–Kier alpha value is -3.08. The highest BCUT2D eigenvalue weighted by Gasteiger charge is 2.55. The largest absolute Gasteiger partial charge is 0.471 e. The number of aryl methyl sites for hydroxylation is 1. The zero-order valence-corrected chi connectivity index (χ0v) is 20.0. The van der Waals surface area contributed by atoms with Gasteiger partial charge in [-0.2, -0.15) is 4.98 Å². The number of rotatable bonds is 8. The second kappa shape index (κ2) is 9.10. The number of pyridine rings is 1. The first-order valence-corrected chi connectivity index (χ1v) is 11.8. The topological polar surface area (TPSA) is 63.2 Å². The van der Waals surface area contributed by atoms with Crippen LogP contribution in [-0.2, 0) is 5.41 Å². The lowest BCUT2D eigenvalue weighted by atomic mass is 9.96. The van der Waals surface area contributed by atoms with Crippen LogP contribution >= 0.6 is 0 Å². The maximum absolute atomic E-state index is 14.8. The number of alkyl halides is 4. The molecule has 1 N–H and O–H groups in total. The molecule has 0 spiro atoms. The molecule has 1 saturated carbocycles. The SMILES string of the molecule is Cc1nc(N[C@H](C)c2cccc(C(F)F)c2F)c2cc(C3(C(F)F)CC3)c(OC3CN(C)C3)nc2n1. The van der Waals surface area contributed by atoms with Gasteiger partial charge in [0.05, 0.1) is 22.4 Å². The zero-order valence-electron chi connectivity index (χ0n) is 20.0. The van der Waals surface area contributed by atoms with E-state index in [-0.39, 0.29) is 29.0 Å². The minimum atomic E-state index is -2.95. The molecule has 3 aromatic rings. The molecule has 1 atom stereocenters. The monoisotopic (exact) mass is 507 g/mol. The van der Waals surface area contributed by atoms with E-state index >= 15 is 0 Å². The van der Waals surface area contributed by atoms with E-state index in [0.29, 0.717) is 42.7 Å². The van der Waals surface area contributed by atoms with Crippen LogP contribution < -0.4 is 10.1 Å². The van der Waals surface area contributed by atoms with E-state index in [1.54, 1.807) is 19.9 Å². The Balaban J connectivity index is 1.57. The summed E-state index contributed by atoms with van der Waals surface area (Å²) >= 11 is 0. The molecule has 2 fully saturated rings. The number of fused-ring (bicyclic) bond motifs is 1. The molecule has 2 aromatic heterocycles. The van der Waals surface area contributed by atoms with Gasteiger partial charge in [0.2, 0.25) is 12.3 Å². The van der Waals surface area contributed by atoms with E-state index in [4.69, 9.17) is 4.74 Å². The summed E-state index contributed by atoms with van der Waals surface area (Å²) in [6.07, 6.45) is -5.11. The number of likely N-dealkylation sites (tertiary alicyclic amines) is 1. The van der Waals surface area contributed by atoms with Crippen molar-refractivity contribution in [3.63, 3.8) is 0 Å². The molecule has 2 aliphatic rings. The lowest BCUT2D eigenvalue weighted by Crippen LogP contribution is -2.51. The molecule has 1 saturated heterocycles. The van der Waals surface area contributed by atoms with E-state index in [0.717, 1.165) is 6.07 Å². The Labute approximate surface area is 204 Å². The van der Waals surface area contributed by atoms with Crippen molar-refractivity contribution >= 4 is 16.9 Å². The smallest absolute Gasteiger partial charge is 0.266 e. The number of likely N-dealkylation sites (N-methyl/N-ethyl adjacent to an activating group) is 1. The number of aromatic nitrogens is 3. The van der Waals surface area contributed by atoms with Crippen LogP contribution in [-0.4, -0.2) is 52.5 Å². The highest BCUT2D eigenvalue weighted by atomic mass is 19.3. The van der Waals surface area contributed by atoms with Crippen LogP contribution in [0.25, 0.3) is 11.0 Å². The van der Waals surface area contributed by atoms with E-state index in [1.807, 2.05) is 11.9 Å². The molecule has 11 heteroatoms. The maximum atomic E-state index is 14.8. The third-order valence-corrected chi connectivity index (χ3v) is 6.93. The lowest BCUT2D eigenvalue weighted by molar-refractivity contribution is 0.0323.